The van der Waals surface area contributed by atoms with Gasteiger partial charge in [-0.25, -0.2) is 9.78 Å². The first-order chi connectivity index (χ1) is 31.3. The molecule has 12 nitrogen and oxygen atoms in total. The quantitative estimate of drug-likeness (QED) is 0.123. The summed E-state index contributed by atoms with van der Waals surface area (Å²) in [6.45, 7) is 11.4. The third-order valence-corrected chi connectivity index (χ3v) is 12.8. The second-order valence-electron chi connectivity index (χ2n) is 16.6. The Hall–Kier alpha value is -5.77. The van der Waals surface area contributed by atoms with Gasteiger partial charge in [0.05, 0.1) is 67.2 Å². The van der Waals surface area contributed by atoms with Gasteiger partial charge in [0.2, 0.25) is 0 Å². The molecular weight excluding hydrogens is 861 g/mol. The number of methoxy groups -OCH3 is 1. The van der Waals surface area contributed by atoms with E-state index >= 15 is 0 Å². The van der Waals surface area contributed by atoms with E-state index in [1.807, 2.05) is 67.6 Å². The van der Waals surface area contributed by atoms with Crippen molar-refractivity contribution in [1.82, 2.24) is 15.2 Å². The molecule has 0 radical (unpaired) electrons. The Balaban J connectivity index is 1.23. The minimum atomic E-state index is -1.15. The van der Waals surface area contributed by atoms with Gasteiger partial charge in [0, 0.05) is 41.9 Å². The number of allylic oxidation sites excluding steroid dienone is 3. The number of aromatic nitrogens is 1. The van der Waals surface area contributed by atoms with E-state index in [0.717, 1.165) is 28.6 Å². The zero-order valence-electron chi connectivity index (χ0n) is 38.1. The lowest BCUT2D eigenvalue weighted by Gasteiger charge is -2.30. The first-order valence-corrected chi connectivity index (χ1v) is 24.6. The van der Waals surface area contributed by atoms with E-state index in [2.05, 4.69) is 54.2 Å². The van der Waals surface area contributed by atoms with E-state index in [-0.39, 0.29) is 60.6 Å². The van der Waals surface area contributed by atoms with Gasteiger partial charge >= 0.3 is 6.09 Å². The predicted molar refractivity (Wildman–Crippen MR) is 260 cm³/mol. The van der Waals surface area contributed by atoms with Gasteiger partial charge < -0.3 is 34.3 Å². The summed E-state index contributed by atoms with van der Waals surface area (Å²) in [7, 11) is 0.767. The number of benzene rings is 2. The maximum Gasteiger partial charge on any atom is 0.411 e. The highest BCUT2D eigenvalue weighted by Crippen LogP contribution is 2.40. The molecular formula is C51H58N4O8S2. The summed E-state index contributed by atoms with van der Waals surface area (Å²) in [5, 5.41) is 18.4. The first kappa shape index (κ1) is 48.7. The third-order valence-electron chi connectivity index (χ3n) is 11.8. The Morgan fingerprint density at radius 2 is 1.78 bits per heavy atom. The number of alkyl carbamates (subject to hydrolysis) is 1. The van der Waals surface area contributed by atoms with Gasteiger partial charge in [-0.05, 0) is 78.9 Å². The number of hydrogen-bond acceptors (Lipinski definition) is 11. The van der Waals surface area contributed by atoms with E-state index in [0.29, 0.717) is 53.6 Å². The number of aliphatic hydroxyl groups excluding tert-OH is 1. The Morgan fingerprint density at radius 3 is 2.54 bits per heavy atom. The number of anilines is 1. The van der Waals surface area contributed by atoms with Crippen LogP contribution in [-0.2, 0) is 34.9 Å². The second kappa shape index (κ2) is 22.9. The third kappa shape index (κ3) is 12.3. The first-order valence-electron chi connectivity index (χ1n) is 21.9. The summed E-state index contributed by atoms with van der Waals surface area (Å²) in [6, 6.07) is 15.6. The number of Topliss-reactive ketones (excluding diaryl/α,β-unsaturated/α-hetero) is 1. The van der Waals surface area contributed by atoms with Crippen LogP contribution in [0.2, 0.25) is 0 Å². The van der Waals surface area contributed by atoms with Crippen LogP contribution in [0, 0.1) is 41.4 Å². The van der Waals surface area contributed by atoms with E-state index in [1.54, 1.807) is 31.2 Å². The van der Waals surface area contributed by atoms with Crippen molar-refractivity contribution in [3.63, 3.8) is 0 Å². The summed E-state index contributed by atoms with van der Waals surface area (Å²) in [5.41, 5.74) is 4.57. The van der Waals surface area contributed by atoms with Crippen molar-refractivity contribution in [1.29, 1.82) is 0 Å². The molecule has 0 bridgehead atoms. The van der Waals surface area contributed by atoms with Gasteiger partial charge in [0.1, 0.15) is 6.10 Å². The summed E-state index contributed by atoms with van der Waals surface area (Å²) in [6.07, 6.45) is 7.11. The van der Waals surface area contributed by atoms with Crippen LogP contribution in [0.25, 0.3) is 16.5 Å². The number of rotatable bonds is 16. The van der Waals surface area contributed by atoms with Gasteiger partial charge in [-0.15, -0.1) is 15.4 Å². The Labute approximate surface area is 389 Å². The number of ether oxygens (including phenoxy) is 4. The maximum absolute atomic E-state index is 14.3. The van der Waals surface area contributed by atoms with Crippen LogP contribution in [-0.4, -0.2) is 96.5 Å². The molecule has 0 spiro atoms. The smallest absolute Gasteiger partial charge is 0.411 e. The summed E-state index contributed by atoms with van der Waals surface area (Å²) in [5.74, 6) is 12.6. The molecule has 1 aromatic heterocycles. The number of amides is 2. The van der Waals surface area contributed by atoms with Gasteiger partial charge in [-0.2, -0.15) is 0 Å². The molecule has 3 aliphatic rings. The molecule has 3 N–H and O–H groups in total. The number of fused-ring (bicyclic) bond motifs is 3. The summed E-state index contributed by atoms with van der Waals surface area (Å²) < 4.78 is 24.3. The number of para-hydroxylation sites is 1. The molecule has 1 aliphatic carbocycles. The van der Waals surface area contributed by atoms with E-state index in [1.165, 1.54) is 7.11 Å². The normalized spacial score (nSPS) is 19.9. The van der Waals surface area contributed by atoms with Gasteiger partial charge in [-0.3, -0.25) is 14.9 Å². The predicted octanol–water partition coefficient (Wildman–Crippen LogP) is 7.54. The fourth-order valence-electron chi connectivity index (χ4n) is 7.49. The largest absolute Gasteiger partial charge is 0.489 e. The van der Waals surface area contributed by atoms with E-state index < -0.39 is 33.5 Å². The van der Waals surface area contributed by atoms with Crippen LogP contribution in [0.1, 0.15) is 69.9 Å². The fourth-order valence-corrected chi connectivity index (χ4v) is 8.11. The minimum Gasteiger partial charge on any atom is -0.489 e. The zero-order chi connectivity index (χ0) is 46.6. The number of hydrogen-bond donors (Lipinski definition) is 3. The lowest BCUT2D eigenvalue weighted by molar-refractivity contribution is -0.118. The highest BCUT2D eigenvalue weighted by atomic mass is 32.8. The van der Waals surface area contributed by atoms with Crippen molar-refractivity contribution in [2.45, 2.75) is 72.1 Å². The topological polar surface area (TPSA) is 149 Å². The molecule has 0 saturated carbocycles. The van der Waals surface area contributed by atoms with Gasteiger partial charge in [-0.1, -0.05) is 93.4 Å². The van der Waals surface area contributed by atoms with Crippen molar-refractivity contribution in [2.24, 2.45) is 17.8 Å². The summed E-state index contributed by atoms with van der Waals surface area (Å²) in [4.78, 5) is 47.0. The lowest BCUT2D eigenvalue weighted by atomic mass is 9.84. The molecule has 14 heteroatoms. The number of carbonyl (C=O) groups is 3. The van der Waals surface area contributed by atoms with Gasteiger partial charge in [0.25, 0.3) is 5.91 Å². The zero-order valence-corrected chi connectivity index (χ0v) is 39.7. The number of nitrogens with one attached hydrogen (secondary N) is 2. The standard InChI is InChI=1S/C51H58N4O8S2/c1-8-10-11-12-13-18-45(48-38(21-22-65(7)64)43(56)26-44(57)49(48)54-51(59)60-6)62-30-33(4)34(5)31-63-47-25-42-39(24-46(47)61-29-32(3)9-2)50(58)55-28-36(23-37(55)27-52-42)41-20-19-35-16-14-15-17-40(35)53-41/h11-12,14-17,19-21,24-25,28,32-34,37,43,45,52,56H,9,22-23,26-27,29-31H2,1-7H3,(H,54,59)/b12-11-,38-21-/t32?,33?,34?,37?,43-,45-,65?/m0/s1. The summed E-state index contributed by atoms with van der Waals surface area (Å²) >= 11 is 5.45. The molecule has 2 aromatic carbocycles. The molecule has 3 heterocycles. The number of carbonyl (C=O) groups excluding carboxylic acids is 3. The Morgan fingerprint density at radius 1 is 1.05 bits per heavy atom. The van der Waals surface area contributed by atoms with Crippen LogP contribution in [0.15, 0.2) is 89.8 Å². The molecule has 2 aliphatic heterocycles. The number of ketones is 1. The monoisotopic (exact) mass is 918 g/mol. The van der Waals surface area contributed by atoms with Crippen molar-refractivity contribution in [3.05, 3.63) is 101 Å². The maximum atomic E-state index is 14.3. The molecule has 0 saturated heterocycles. The van der Waals surface area contributed by atoms with Crippen LogP contribution in [0.3, 0.4) is 0 Å². The van der Waals surface area contributed by atoms with Crippen LogP contribution < -0.4 is 20.1 Å². The highest BCUT2D eigenvalue weighted by Gasteiger charge is 2.37. The lowest BCUT2D eigenvalue weighted by Crippen LogP contribution is -2.39. The molecule has 0 fully saturated rings. The highest BCUT2D eigenvalue weighted by molar-refractivity contribution is 8.28. The van der Waals surface area contributed by atoms with Crippen LogP contribution >= 0.6 is 0 Å². The van der Waals surface area contributed by atoms with Crippen molar-refractivity contribution in [2.75, 3.05) is 50.8 Å². The number of pyridine rings is 1. The molecule has 7 atom stereocenters. The van der Waals surface area contributed by atoms with E-state index in [4.69, 9.17) is 35.1 Å². The molecule has 5 unspecified atom stereocenters. The average molecular weight is 919 g/mol. The number of aliphatic hydroxyl groups is 1. The molecule has 6 rings (SSSR count). The van der Waals surface area contributed by atoms with Crippen LogP contribution in [0.5, 0.6) is 11.5 Å². The van der Waals surface area contributed by atoms with Crippen molar-refractivity contribution < 1.29 is 38.4 Å². The number of nitrogens with zero attached hydrogens (tertiary/aromatic N) is 2. The SMILES string of the molecule is CC#C/C=C\C#C[C@H](OCC(C)C(C)COc1cc2c(cc1OCC(C)CC)C(=O)N1C=C(c3ccc4ccccc4n3)CC1CN2)C1=C(NC(=O)OC)C(=O)C[C@H](O)/C1=C/CS(C)=S. The Kier molecular flexibility index (Phi) is 17.2. The van der Waals surface area contributed by atoms with Crippen LogP contribution in [0.4, 0.5) is 10.5 Å². The molecule has 342 valence electrons. The Bertz CT molecular complexity index is 2560. The van der Waals surface area contributed by atoms with E-state index in [9.17, 15) is 19.5 Å². The fraction of sp³-hybridized carbons (Fsp3) is 0.412. The van der Waals surface area contributed by atoms with Crippen molar-refractivity contribution >= 4 is 60.6 Å². The van der Waals surface area contributed by atoms with Gasteiger partial charge in [0.15, 0.2) is 17.3 Å². The molecule has 2 amide bonds. The average Bonchev–Trinajstić information content (AvgIpc) is 3.69. The second-order valence-corrected chi connectivity index (χ2v) is 19.8. The van der Waals surface area contributed by atoms with Crippen molar-refractivity contribution in [3.8, 4) is 35.2 Å². The molecule has 3 aromatic rings. The molecule has 65 heavy (non-hydrogen) atoms. The minimum absolute atomic E-state index is 0.0477.